The summed E-state index contributed by atoms with van der Waals surface area (Å²) in [6.07, 6.45) is 1.79. The second kappa shape index (κ2) is 3.60. The molecular formula is C13H13FN4. The Hall–Kier alpha value is -2.30. The van der Waals surface area contributed by atoms with Gasteiger partial charge in [0.15, 0.2) is 0 Å². The summed E-state index contributed by atoms with van der Waals surface area (Å²) in [5.41, 5.74) is 9.51. The van der Waals surface area contributed by atoms with E-state index in [9.17, 15) is 4.39 Å². The van der Waals surface area contributed by atoms with Gasteiger partial charge in [0.1, 0.15) is 5.82 Å². The van der Waals surface area contributed by atoms with Crippen LogP contribution in [-0.2, 0) is 7.05 Å². The zero-order valence-corrected chi connectivity index (χ0v) is 10.2. The predicted molar refractivity (Wildman–Crippen MR) is 69.6 cm³/mol. The van der Waals surface area contributed by atoms with Crippen molar-refractivity contribution in [3.63, 3.8) is 0 Å². The molecule has 0 aliphatic carbocycles. The summed E-state index contributed by atoms with van der Waals surface area (Å²) in [5, 5.41) is 5.00. The van der Waals surface area contributed by atoms with E-state index in [2.05, 4.69) is 10.1 Å². The van der Waals surface area contributed by atoms with Gasteiger partial charge in [0.25, 0.3) is 0 Å². The first-order valence-electron chi connectivity index (χ1n) is 5.63. The van der Waals surface area contributed by atoms with E-state index in [1.807, 2.05) is 20.0 Å². The molecule has 0 amide bonds. The van der Waals surface area contributed by atoms with Gasteiger partial charge in [-0.1, -0.05) is 0 Å². The Balaban J connectivity index is 2.22. The number of aromatic amines is 1. The number of benzene rings is 1. The molecule has 2 heterocycles. The fraction of sp³-hybridized carbons (Fsp3) is 0.154. The van der Waals surface area contributed by atoms with Crippen LogP contribution in [0.1, 0.15) is 5.69 Å². The Kier molecular flexibility index (Phi) is 2.16. The van der Waals surface area contributed by atoms with Gasteiger partial charge in [0.05, 0.1) is 11.9 Å². The average Bonchev–Trinajstić information content (AvgIpc) is 2.85. The largest absolute Gasteiger partial charge is 0.396 e. The maximum absolute atomic E-state index is 13.4. The van der Waals surface area contributed by atoms with Gasteiger partial charge in [-0.05, 0) is 25.1 Å². The van der Waals surface area contributed by atoms with Gasteiger partial charge in [-0.25, -0.2) is 4.39 Å². The number of nitrogen functional groups attached to an aromatic ring is 1. The first kappa shape index (κ1) is 10.8. The van der Waals surface area contributed by atoms with Gasteiger partial charge < -0.3 is 10.7 Å². The van der Waals surface area contributed by atoms with Crippen LogP contribution in [0, 0.1) is 12.7 Å². The Morgan fingerprint density at radius 1 is 1.33 bits per heavy atom. The molecule has 0 aliphatic rings. The third-order valence-corrected chi connectivity index (χ3v) is 3.26. The molecule has 0 saturated carbocycles. The molecule has 0 atom stereocenters. The van der Waals surface area contributed by atoms with Crippen molar-refractivity contribution < 1.29 is 4.39 Å². The normalized spacial score (nSPS) is 11.3. The predicted octanol–water partition coefficient (Wildman–Crippen LogP) is 2.60. The second-order valence-electron chi connectivity index (χ2n) is 4.41. The summed E-state index contributed by atoms with van der Waals surface area (Å²) in [5.74, 6) is -0.393. The highest BCUT2D eigenvalue weighted by Gasteiger charge is 2.10. The molecule has 0 bridgehead atoms. The van der Waals surface area contributed by atoms with Gasteiger partial charge in [0, 0.05) is 34.9 Å². The zero-order chi connectivity index (χ0) is 12.9. The number of aromatic nitrogens is 3. The lowest BCUT2D eigenvalue weighted by Crippen LogP contribution is -1.92. The van der Waals surface area contributed by atoms with Gasteiger partial charge in [-0.3, -0.25) is 4.68 Å². The van der Waals surface area contributed by atoms with E-state index in [4.69, 9.17) is 5.73 Å². The Morgan fingerprint density at radius 2 is 2.11 bits per heavy atom. The SMILES string of the molecule is Cc1c(-c2cc3cc(F)c(N)cc3[nH]2)cnn1C. The first-order chi connectivity index (χ1) is 8.56. The molecule has 3 rings (SSSR count). The van der Waals surface area contributed by atoms with Crippen LogP contribution >= 0.6 is 0 Å². The fourth-order valence-electron chi connectivity index (χ4n) is 2.08. The third kappa shape index (κ3) is 1.48. The van der Waals surface area contributed by atoms with E-state index in [1.165, 1.54) is 6.07 Å². The van der Waals surface area contributed by atoms with Crippen LogP contribution in [0.15, 0.2) is 24.4 Å². The number of H-pyrrole nitrogens is 1. The van der Waals surface area contributed by atoms with Crippen LogP contribution in [0.2, 0.25) is 0 Å². The molecular weight excluding hydrogens is 231 g/mol. The molecule has 0 saturated heterocycles. The van der Waals surface area contributed by atoms with E-state index in [-0.39, 0.29) is 5.69 Å². The number of rotatable bonds is 1. The second-order valence-corrected chi connectivity index (χ2v) is 4.41. The van der Waals surface area contributed by atoms with Crippen LogP contribution in [0.4, 0.5) is 10.1 Å². The zero-order valence-electron chi connectivity index (χ0n) is 10.2. The molecule has 5 heteroatoms. The molecule has 0 unspecified atom stereocenters. The first-order valence-corrected chi connectivity index (χ1v) is 5.63. The molecule has 92 valence electrons. The van der Waals surface area contributed by atoms with E-state index >= 15 is 0 Å². The molecule has 18 heavy (non-hydrogen) atoms. The van der Waals surface area contributed by atoms with Crippen molar-refractivity contribution >= 4 is 16.6 Å². The van der Waals surface area contributed by atoms with E-state index in [0.29, 0.717) is 0 Å². The number of fused-ring (bicyclic) bond motifs is 1. The van der Waals surface area contributed by atoms with E-state index in [1.54, 1.807) is 16.9 Å². The highest BCUT2D eigenvalue weighted by Crippen LogP contribution is 2.28. The maximum Gasteiger partial charge on any atom is 0.146 e. The minimum atomic E-state index is -0.393. The molecule has 1 aromatic carbocycles. The fourth-order valence-corrected chi connectivity index (χ4v) is 2.08. The molecule has 0 fully saturated rings. The van der Waals surface area contributed by atoms with Gasteiger partial charge in [-0.15, -0.1) is 0 Å². The number of hydrogen-bond donors (Lipinski definition) is 2. The van der Waals surface area contributed by atoms with Crippen LogP contribution in [0.25, 0.3) is 22.2 Å². The summed E-state index contributed by atoms with van der Waals surface area (Å²) >= 11 is 0. The minimum absolute atomic E-state index is 0.152. The molecule has 2 aromatic heterocycles. The van der Waals surface area contributed by atoms with Crippen LogP contribution in [-0.4, -0.2) is 14.8 Å². The summed E-state index contributed by atoms with van der Waals surface area (Å²) in [7, 11) is 1.89. The summed E-state index contributed by atoms with van der Waals surface area (Å²) in [6, 6.07) is 4.96. The Labute approximate surface area is 103 Å². The highest BCUT2D eigenvalue weighted by molar-refractivity contribution is 5.88. The van der Waals surface area contributed by atoms with Crippen molar-refractivity contribution in [3.8, 4) is 11.3 Å². The number of nitrogens with one attached hydrogen (secondary N) is 1. The van der Waals surface area contributed by atoms with Gasteiger partial charge in [0.2, 0.25) is 0 Å². The van der Waals surface area contributed by atoms with Crippen LogP contribution in [0.5, 0.6) is 0 Å². The van der Waals surface area contributed by atoms with Crippen molar-refractivity contribution in [1.29, 1.82) is 0 Å². The number of anilines is 1. The van der Waals surface area contributed by atoms with Crippen molar-refractivity contribution in [2.75, 3.05) is 5.73 Å². The third-order valence-electron chi connectivity index (χ3n) is 3.26. The quantitative estimate of drug-likeness (QED) is 0.646. The number of hydrogen-bond acceptors (Lipinski definition) is 2. The lowest BCUT2D eigenvalue weighted by molar-refractivity contribution is 0.634. The molecule has 0 spiro atoms. The molecule has 3 N–H and O–H groups in total. The van der Waals surface area contributed by atoms with Crippen molar-refractivity contribution in [3.05, 3.63) is 35.9 Å². The highest BCUT2D eigenvalue weighted by atomic mass is 19.1. The molecule has 4 nitrogen and oxygen atoms in total. The smallest absolute Gasteiger partial charge is 0.146 e. The molecule has 3 aromatic rings. The molecule has 0 radical (unpaired) electrons. The van der Waals surface area contributed by atoms with Crippen molar-refractivity contribution in [1.82, 2.24) is 14.8 Å². The van der Waals surface area contributed by atoms with Crippen LogP contribution in [0.3, 0.4) is 0 Å². The Bertz CT molecular complexity index is 700. The monoisotopic (exact) mass is 244 g/mol. The number of halogens is 1. The summed E-state index contributed by atoms with van der Waals surface area (Å²) < 4.78 is 15.2. The van der Waals surface area contributed by atoms with Gasteiger partial charge in [-0.2, -0.15) is 5.10 Å². The van der Waals surface area contributed by atoms with E-state index in [0.717, 1.165) is 27.9 Å². The summed E-state index contributed by atoms with van der Waals surface area (Å²) in [4.78, 5) is 3.23. The van der Waals surface area contributed by atoms with Crippen molar-refractivity contribution in [2.24, 2.45) is 7.05 Å². The van der Waals surface area contributed by atoms with E-state index < -0.39 is 5.82 Å². The Morgan fingerprint density at radius 3 is 2.78 bits per heavy atom. The average molecular weight is 244 g/mol. The standard InChI is InChI=1S/C13H13FN4/c1-7-9(6-16-18(7)2)13-4-8-3-10(14)11(15)5-12(8)17-13/h3-6,17H,15H2,1-2H3. The summed E-state index contributed by atoms with van der Waals surface area (Å²) in [6.45, 7) is 1.99. The minimum Gasteiger partial charge on any atom is -0.396 e. The van der Waals surface area contributed by atoms with Gasteiger partial charge >= 0.3 is 0 Å². The van der Waals surface area contributed by atoms with Crippen LogP contribution < -0.4 is 5.73 Å². The number of nitrogens with two attached hydrogens (primary N) is 1. The topological polar surface area (TPSA) is 59.6 Å². The maximum atomic E-state index is 13.4. The van der Waals surface area contributed by atoms with Crippen molar-refractivity contribution in [2.45, 2.75) is 6.92 Å². The number of aryl methyl sites for hydroxylation is 1. The lowest BCUT2D eigenvalue weighted by atomic mass is 10.2. The molecule has 0 aliphatic heterocycles. The lowest BCUT2D eigenvalue weighted by Gasteiger charge is -1.97. The number of nitrogens with zero attached hydrogens (tertiary/aromatic N) is 2.